The molecule has 0 aromatic rings. The molecular formula is C12H26N2O. The van der Waals surface area contributed by atoms with Crippen molar-refractivity contribution in [2.45, 2.75) is 51.7 Å². The first-order chi connectivity index (χ1) is 7.08. The number of likely N-dealkylation sites (tertiary alicyclic amines) is 1. The summed E-state index contributed by atoms with van der Waals surface area (Å²) in [6, 6.07) is 1.48. The van der Waals surface area contributed by atoms with Gasteiger partial charge in [-0.3, -0.25) is 0 Å². The van der Waals surface area contributed by atoms with Gasteiger partial charge in [-0.25, -0.2) is 0 Å². The molecule has 2 N–H and O–H groups in total. The Bertz CT molecular complexity index is 182. The van der Waals surface area contributed by atoms with Gasteiger partial charge in [-0.2, -0.15) is 0 Å². The molecule has 1 heterocycles. The third-order valence-electron chi connectivity index (χ3n) is 3.77. The van der Waals surface area contributed by atoms with E-state index in [0.717, 1.165) is 13.0 Å². The van der Waals surface area contributed by atoms with Crippen molar-refractivity contribution >= 4 is 0 Å². The van der Waals surface area contributed by atoms with Gasteiger partial charge in [0.2, 0.25) is 0 Å². The van der Waals surface area contributed by atoms with Crippen molar-refractivity contribution in [3.63, 3.8) is 0 Å². The number of piperidine rings is 1. The van der Waals surface area contributed by atoms with Crippen LogP contribution in [0.3, 0.4) is 0 Å². The molecule has 3 heteroatoms. The molecule has 0 spiro atoms. The standard InChI is InChI=1S/C12H26N2O/c1-5-11(8-15)13-12-6-10(3)14(4)7-9(12)2/h9-13,15H,5-8H2,1-4H3. The zero-order valence-corrected chi connectivity index (χ0v) is 10.5. The third-order valence-corrected chi connectivity index (χ3v) is 3.77. The normalized spacial score (nSPS) is 35.4. The average molecular weight is 214 g/mol. The smallest absolute Gasteiger partial charge is 0.0584 e. The van der Waals surface area contributed by atoms with Crippen LogP contribution in [0.1, 0.15) is 33.6 Å². The summed E-state index contributed by atoms with van der Waals surface area (Å²) in [5.74, 6) is 0.673. The van der Waals surface area contributed by atoms with Gasteiger partial charge < -0.3 is 15.3 Å². The number of hydrogen-bond acceptors (Lipinski definition) is 3. The minimum atomic E-state index is 0.254. The van der Waals surface area contributed by atoms with E-state index in [0.29, 0.717) is 18.0 Å². The van der Waals surface area contributed by atoms with Crippen molar-refractivity contribution in [2.24, 2.45) is 5.92 Å². The van der Waals surface area contributed by atoms with Crippen LogP contribution in [-0.4, -0.2) is 48.3 Å². The van der Waals surface area contributed by atoms with Crippen LogP contribution in [-0.2, 0) is 0 Å². The number of rotatable bonds is 4. The number of aliphatic hydroxyl groups is 1. The number of aliphatic hydroxyl groups excluding tert-OH is 1. The molecule has 0 bridgehead atoms. The molecule has 4 unspecified atom stereocenters. The van der Waals surface area contributed by atoms with Gasteiger partial charge in [0.1, 0.15) is 0 Å². The first-order valence-electron chi connectivity index (χ1n) is 6.15. The molecule has 1 saturated heterocycles. The van der Waals surface area contributed by atoms with Crippen LogP contribution in [0.5, 0.6) is 0 Å². The summed E-state index contributed by atoms with van der Waals surface area (Å²) in [7, 11) is 2.20. The Balaban J connectivity index is 2.47. The zero-order valence-electron chi connectivity index (χ0n) is 10.5. The van der Waals surface area contributed by atoms with E-state index in [1.807, 2.05) is 0 Å². The fourth-order valence-electron chi connectivity index (χ4n) is 2.38. The molecule has 0 radical (unpaired) electrons. The number of nitrogens with zero attached hydrogens (tertiary/aromatic N) is 1. The summed E-state index contributed by atoms with van der Waals surface area (Å²) in [4.78, 5) is 2.42. The summed E-state index contributed by atoms with van der Waals surface area (Å²) in [5, 5.41) is 12.8. The van der Waals surface area contributed by atoms with Crippen molar-refractivity contribution in [2.75, 3.05) is 20.2 Å². The molecule has 90 valence electrons. The quantitative estimate of drug-likeness (QED) is 0.735. The van der Waals surface area contributed by atoms with E-state index in [-0.39, 0.29) is 12.6 Å². The highest BCUT2D eigenvalue weighted by Crippen LogP contribution is 2.21. The molecule has 0 aliphatic carbocycles. The van der Waals surface area contributed by atoms with Gasteiger partial charge >= 0.3 is 0 Å². The zero-order chi connectivity index (χ0) is 11.4. The average Bonchev–Trinajstić information content (AvgIpc) is 2.21. The first kappa shape index (κ1) is 12.9. The minimum absolute atomic E-state index is 0.254. The lowest BCUT2D eigenvalue weighted by Crippen LogP contribution is -2.53. The van der Waals surface area contributed by atoms with Gasteiger partial charge in [-0.1, -0.05) is 13.8 Å². The van der Waals surface area contributed by atoms with Crippen molar-refractivity contribution in [1.29, 1.82) is 0 Å². The van der Waals surface area contributed by atoms with Crippen LogP contribution >= 0.6 is 0 Å². The molecule has 0 aromatic heterocycles. The highest BCUT2D eigenvalue weighted by Gasteiger charge is 2.29. The summed E-state index contributed by atoms with van der Waals surface area (Å²) < 4.78 is 0. The van der Waals surface area contributed by atoms with Gasteiger partial charge in [0.15, 0.2) is 0 Å². The van der Waals surface area contributed by atoms with Crippen LogP contribution in [0, 0.1) is 5.92 Å². The van der Waals surface area contributed by atoms with Crippen LogP contribution < -0.4 is 5.32 Å². The minimum Gasteiger partial charge on any atom is -0.395 e. The van der Waals surface area contributed by atoms with Crippen LogP contribution in [0.4, 0.5) is 0 Å². The van der Waals surface area contributed by atoms with E-state index in [1.54, 1.807) is 0 Å². The Hall–Kier alpha value is -0.120. The second-order valence-electron chi connectivity index (χ2n) is 5.06. The first-order valence-corrected chi connectivity index (χ1v) is 6.15. The lowest BCUT2D eigenvalue weighted by atomic mass is 9.89. The monoisotopic (exact) mass is 214 g/mol. The van der Waals surface area contributed by atoms with E-state index in [9.17, 15) is 5.11 Å². The fourth-order valence-corrected chi connectivity index (χ4v) is 2.38. The predicted molar refractivity (Wildman–Crippen MR) is 64.0 cm³/mol. The summed E-state index contributed by atoms with van der Waals surface area (Å²) in [6.07, 6.45) is 2.19. The molecule has 4 atom stereocenters. The van der Waals surface area contributed by atoms with E-state index in [2.05, 4.69) is 38.0 Å². The van der Waals surface area contributed by atoms with Gasteiger partial charge in [0.05, 0.1) is 6.61 Å². The Morgan fingerprint density at radius 3 is 2.67 bits per heavy atom. The van der Waals surface area contributed by atoms with Crippen LogP contribution in [0.15, 0.2) is 0 Å². The highest BCUT2D eigenvalue weighted by atomic mass is 16.3. The maximum absolute atomic E-state index is 9.19. The molecule has 1 aliphatic rings. The van der Waals surface area contributed by atoms with Crippen LogP contribution in [0.25, 0.3) is 0 Å². The summed E-state index contributed by atoms with van der Waals surface area (Å²) >= 11 is 0. The Morgan fingerprint density at radius 1 is 1.47 bits per heavy atom. The van der Waals surface area contributed by atoms with Crippen LogP contribution in [0.2, 0.25) is 0 Å². The Morgan fingerprint density at radius 2 is 2.13 bits per heavy atom. The molecule has 1 fully saturated rings. The molecule has 0 aromatic carbocycles. The lowest BCUT2D eigenvalue weighted by Gasteiger charge is -2.41. The Labute approximate surface area is 93.9 Å². The molecule has 15 heavy (non-hydrogen) atoms. The Kier molecular flexibility index (Phi) is 5.03. The van der Waals surface area contributed by atoms with E-state index >= 15 is 0 Å². The van der Waals surface area contributed by atoms with Crippen molar-refractivity contribution < 1.29 is 5.11 Å². The SMILES string of the molecule is CCC(CO)NC1CC(C)N(C)CC1C. The summed E-state index contributed by atoms with van der Waals surface area (Å²) in [6.45, 7) is 8.10. The lowest BCUT2D eigenvalue weighted by molar-refractivity contribution is 0.106. The van der Waals surface area contributed by atoms with Gasteiger partial charge in [0, 0.05) is 24.7 Å². The largest absolute Gasteiger partial charge is 0.395 e. The van der Waals surface area contributed by atoms with E-state index < -0.39 is 0 Å². The molecule has 1 aliphatic heterocycles. The molecule has 3 nitrogen and oxygen atoms in total. The second kappa shape index (κ2) is 5.83. The topological polar surface area (TPSA) is 35.5 Å². The third kappa shape index (κ3) is 3.44. The summed E-state index contributed by atoms with van der Waals surface area (Å²) in [5.41, 5.74) is 0. The molecule has 0 amide bonds. The molecular weight excluding hydrogens is 188 g/mol. The predicted octanol–water partition coefficient (Wildman–Crippen LogP) is 1.08. The maximum atomic E-state index is 9.19. The molecule has 1 rings (SSSR count). The second-order valence-corrected chi connectivity index (χ2v) is 5.06. The molecule has 0 saturated carbocycles. The fraction of sp³-hybridized carbons (Fsp3) is 1.00. The van der Waals surface area contributed by atoms with Gasteiger partial charge in [-0.05, 0) is 32.7 Å². The van der Waals surface area contributed by atoms with Crippen molar-refractivity contribution in [3.8, 4) is 0 Å². The number of nitrogens with one attached hydrogen (secondary N) is 1. The maximum Gasteiger partial charge on any atom is 0.0584 e. The van der Waals surface area contributed by atoms with Crippen molar-refractivity contribution in [3.05, 3.63) is 0 Å². The van der Waals surface area contributed by atoms with E-state index in [4.69, 9.17) is 0 Å². The van der Waals surface area contributed by atoms with Gasteiger partial charge in [-0.15, -0.1) is 0 Å². The number of hydrogen-bond donors (Lipinski definition) is 2. The van der Waals surface area contributed by atoms with Gasteiger partial charge in [0.25, 0.3) is 0 Å². The highest BCUT2D eigenvalue weighted by molar-refractivity contribution is 4.87. The van der Waals surface area contributed by atoms with E-state index in [1.165, 1.54) is 6.42 Å². The van der Waals surface area contributed by atoms with Crippen molar-refractivity contribution in [1.82, 2.24) is 10.2 Å².